The average Bonchev–Trinajstić information content (AvgIpc) is 2.51. The first kappa shape index (κ1) is 21.0. The number of carboxylic acids is 4. The summed E-state index contributed by atoms with van der Waals surface area (Å²) < 4.78 is 0. The van der Waals surface area contributed by atoms with Crippen molar-refractivity contribution in [2.24, 2.45) is 0 Å². The van der Waals surface area contributed by atoms with Crippen LogP contribution in [0.5, 0.6) is 0 Å². The minimum absolute atomic E-state index is 0.0417. The van der Waals surface area contributed by atoms with Gasteiger partial charge in [0.2, 0.25) is 0 Å². The van der Waals surface area contributed by atoms with Gasteiger partial charge >= 0.3 is 23.9 Å². The lowest BCUT2D eigenvalue weighted by molar-refractivity contribution is -0.150. The Bertz CT molecular complexity index is 663. The number of aliphatic carboxylic acids is 4. The maximum atomic E-state index is 11.1. The molecular weight excluding hydrogens is 350 g/mol. The third kappa shape index (κ3) is 4.97. The highest BCUT2D eigenvalue weighted by Gasteiger charge is 2.51. The second-order valence-electron chi connectivity index (χ2n) is 5.41. The normalized spacial score (nSPS) is 13.2. The summed E-state index contributed by atoms with van der Waals surface area (Å²) in [5.41, 5.74) is -0.517. The van der Waals surface area contributed by atoms with Crippen molar-refractivity contribution in [1.29, 1.82) is 0 Å². The van der Waals surface area contributed by atoms with Gasteiger partial charge in [0.15, 0.2) is 0 Å². The van der Waals surface area contributed by atoms with Crippen LogP contribution in [-0.2, 0) is 24.7 Å². The maximum absolute atomic E-state index is 11.1. The number of carboxylic acid groups (broad SMARTS) is 4. The largest absolute Gasteiger partial charge is 0.481 e. The maximum Gasteiger partial charge on any atom is 0.317 e. The molecule has 5 N–H and O–H groups in total. The molecule has 1 aliphatic carbocycles. The minimum atomic E-state index is -1.27. The molecule has 0 unspecified atom stereocenters. The van der Waals surface area contributed by atoms with Crippen molar-refractivity contribution >= 4 is 23.9 Å². The van der Waals surface area contributed by atoms with E-state index in [4.69, 9.17) is 20.4 Å². The lowest BCUT2D eigenvalue weighted by Gasteiger charge is -2.46. The summed E-state index contributed by atoms with van der Waals surface area (Å²) in [6, 6.07) is 4.79. The summed E-state index contributed by atoms with van der Waals surface area (Å²) >= 11 is 0. The second kappa shape index (κ2) is 8.87. The van der Waals surface area contributed by atoms with Crippen molar-refractivity contribution in [2.75, 3.05) is 26.7 Å². The van der Waals surface area contributed by atoms with E-state index in [1.165, 1.54) is 0 Å². The molecule has 0 spiro atoms. The molecule has 11 nitrogen and oxygen atoms in total. The number of nitrogens with zero attached hydrogens (tertiary/aromatic N) is 2. The number of likely N-dealkylation sites (N-methyl/N-ethyl adjacent to an activating group) is 1. The highest BCUT2D eigenvalue weighted by molar-refractivity contribution is 5.75. The number of rotatable bonds is 9. The van der Waals surface area contributed by atoms with Crippen molar-refractivity contribution in [3.05, 3.63) is 29.6 Å². The Hall–Kier alpha value is -3.05. The van der Waals surface area contributed by atoms with Crippen LogP contribution in [0.15, 0.2) is 18.2 Å². The molecule has 26 heavy (non-hydrogen) atoms. The Labute approximate surface area is 147 Å². The summed E-state index contributed by atoms with van der Waals surface area (Å²) in [5, 5.41) is 37.2. The van der Waals surface area contributed by atoms with Crippen molar-refractivity contribution in [2.45, 2.75) is 12.0 Å². The molecule has 0 saturated heterocycles. The smallest absolute Gasteiger partial charge is 0.317 e. The summed E-state index contributed by atoms with van der Waals surface area (Å²) in [4.78, 5) is 47.7. The van der Waals surface area contributed by atoms with Gasteiger partial charge in [0.05, 0.1) is 37.4 Å². The van der Waals surface area contributed by atoms with E-state index in [0.29, 0.717) is 11.4 Å². The Morgan fingerprint density at radius 2 is 1.46 bits per heavy atom. The third-order valence-electron chi connectivity index (χ3n) is 3.52. The molecule has 142 valence electrons. The molecule has 0 amide bonds. The molecule has 0 saturated carbocycles. The second-order valence-corrected chi connectivity index (χ2v) is 5.41. The van der Waals surface area contributed by atoms with Gasteiger partial charge in [-0.3, -0.25) is 29.1 Å². The first-order chi connectivity index (χ1) is 12.1. The molecular formula is C15H19N3O8. The van der Waals surface area contributed by atoms with Crippen LogP contribution < -0.4 is 5.32 Å². The fourth-order valence-electron chi connectivity index (χ4n) is 2.61. The van der Waals surface area contributed by atoms with E-state index in [9.17, 15) is 19.2 Å². The highest BCUT2D eigenvalue weighted by Crippen LogP contribution is 2.43. The van der Waals surface area contributed by atoms with Gasteiger partial charge in [0, 0.05) is 0 Å². The van der Waals surface area contributed by atoms with E-state index in [1.807, 2.05) is 0 Å². The van der Waals surface area contributed by atoms with Gasteiger partial charge in [-0.2, -0.15) is 0 Å². The Balaban J connectivity index is 0.000000487. The van der Waals surface area contributed by atoms with Gasteiger partial charge in [0.1, 0.15) is 5.54 Å². The van der Waals surface area contributed by atoms with E-state index >= 15 is 0 Å². The topological polar surface area (TPSA) is 177 Å². The van der Waals surface area contributed by atoms with Crippen molar-refractivity contribution in [1.82, 2.24) is 15.2 Å². The molecule has 1 aliphatic heterocycles. The van der Waals surface area contributed by atoms with Crippen LogP contribution in [-0.4, -0.2) is 80.9 Å². The Morgan fingerprint density at radius 3 is 1.73 bits per heavy atom. The van der Waals surface area contributed by atoms with E-state index in [0.717, 1.165) is 4.90 Å². The van der Waals surface area contributed by atoms with Crippen LogP contribution >= 0.6 is 0 Å². The number of aromatic nitrogens is 1. The van der Waals surface area contributed by atoms with Gasteiger partial charge in [-0.1, -0.05) is 6.07 Å². The van der Waals surface area contributed by atoms with Crippen LogP contribution in [0.4, 0.5) is 0 Å². The zero-order chi connectivity index (χ0) is 19.9. The van der Waals surface area contributed by atoms with E-state index in [-0.39, 0.29) is 6.54 Å². The van der Waals surface area contributed by atoms with Crippen LogP contribution in [0.25, 0.3) is 0 Å². The third-order valence-corrected chi connectivity index (χ3v) is 3.52. The first-order valence-corrected chi connectivity index (χ1v) is 7.38. The Kier molecular flexibility index (Phi) is 7.16. The number of hydrogen-bond donors (Lipinski definition) is 5. The van der Waals surface area contributed by atoms with Gasteiger partial charge in [-0.15, -0.1) is 0 Å². The predicted octanol–water partition coefficient (Wildman–Crippen LogP) is -1.13. The molecule has 0 fully saturated rings. The molecule has 1 aromatic rings. The molecule has 0 atom stereocenters. The number of hydrogen-bond acceptors (Lipinski definition) is 7. The summed E-state index contributed by atoms with van der Waals surface area (Å²) in [6.45, 7) is -1.12. The molecule has 0 radical (unpaired) electrons. The molecule has 3 rings (SSSR count). The Morgan fingerprint density at radius 1 is 0.962 bits per heavy atom. The highest BCUT2D eigenvalue weighted by atomic mass is 16.4. The quantitative estimate of drug-likeness (QED) is 0.356. The monoisotopic (exact) mass is 369 g/mol. The van der Waals surface area contributed by atoms with E-state index < -0.39 is 48.9 Å². The molecule has 2 bridgehead atoms. The lowest BCUT2D eigenvalue weighted by atomic mass is 9.78. The van der Waals surface area contributed by atoms with Crippen molar-refractivity contribution in [3.63, 3.8) is 0 Å². The van der Waals surface area contributed by atoms with Gasteiger partial charge in [0.25, 0.3) is 0 Å². The van der Waals surface area contributed by atoms with Gasteiger partial charge in [-0.25, -0.2) is 0 Å². The van der Waals surface area contributed by atoms with Crippen LogP contribution in [0.3, 0.4) is 0 Å². The zero-order valence-electron chi connectivity index (χ0n) is 13.9. The molecule has 2 aliphatic rings. The minimum Gasteiger partial charge on any atom is -0.481 e. The van der Waals surface area contributed by atoms with Crippen LogP contribution in [0, 0.1) is 0 Å². The molecule has 0 aromatic carbocycles. The van der Waals surface area contributed by atoms with Crippen molar-refractivity contribution < 1.29 is 39.6 Å². The lowest BCUT2D eigenvalue weighted by Crippen LogP contribution is -2.57. The van der Waals surface area contributed by atoms with Crippen LogP contribution in [0.1, 0.15) is 17.8 Å². The summed E-state index contributed by atoms with van der Waals surface area (Å²) in [6.07, 6.45) is -0.428. The van der Waals surface area contributed by atoms with Crippen LogP contribution in [0.2, 0.25) is 0 Å². The molecule has 2 heterocycles. The fourth-order valence-corrected chi connectivity index (χ4v) is 2.61. The van der Waals surface area contributed by atoms with E-state index in [1.54, 1.807) is 25.2 Å². The van der Waals surface area contributed by atoms with Crippen molar-refractivity contribution in [3.8, 4) is 0 Å². The number of fused-ring (bicyclic) bond motifs is 2. The van der Waals surface area contributed by atoms with Gasteiger partial charge < -0.3 is 25.7 Å². The zero-order valence-corrected chi connectivity index (χ0v) is 13.9. The van der Waals surface area contributed by atoms with E-state index in [2.05, 4.69) is 10.3 Å². The van der Waals surface area contributed by atoms with Gasteiger partial charge in [-0.05, 0) is 19.2 Å². The first-order valence-electron chi connectivity index (χ1n) is 7.38. The number of pyridine rings is 1. The fraction of sp³-hybridized carbons (Fsp3) is 0.400. The molecule has 1 aromatic heterocycles. The summed E-state index contributed by atoms with van der Waals surface area (Å²) in [5.74, 6) is -4.44. The predicted molar refractivity (Wildman–Crippen MR) is 85.7 cm³/mol. The standard InChI is InChI=1S/C12H12N2O6.C3H7NO2/c15-9(16)4-12(7-2-1-3-8(12)13-7)14(5-10(17)18)6-11(19)20;1-4-2-3(5)6/h1-3H,4-6H2,(H,15,16)(H,17,18)(H,19,20);4H,2H2,1H3,(H,5,6). The average molecular weight is 369 g/mol. The summed E-state index contributed by atoms with van der Waals surface area (Å²) in [7, 11) is 1.59. The number of carbonyl (C=O) groups is 4. The molecule has 11 heteroatoms. The SMILES string of the molecule is CNCC(=O)O.O=C(O)CN(CC(=O)O)C1(CC(=O)O)c2cccc1n2. The number of nitrogens with one attached hydrogen (secondary N) is 1.